The molecule has 23 heavy (non-hydrogen) atoms. The molecule has 2 rings (SSSR count). The van der Waals surface area contributed by atoms with Crippen LogP contribution in [0.15, 0.2) is 66.9 Å². The maximum atomic E-state index is 9.92. The van der Waals surface area contributed by atoms with E-state index in [2.05, 4.69) is 55.7 Å². The van der Waals surface area contributed by atoms with Crippen molar-refractivity contribution in [1.29, 1.82) is 0 Å². The Kier molecular flexibility index (Phi) is 8.26. The van der Waals surface area contributed by atoms with Gasteiger partial charge in [-0.05, 0) is 11.6 Å². The van der Waals surface area contributed by atoms with Gasteiger partial charge in [0.25, 0.3) is 0 Å². The van der Waals surface area contributed by atoms with Gasteiger partial charge in [0.2, 0.25) is 0 Å². The highest BCUT2D eigenvalue weighted by Gasteiger charge is 2.06. The first kappa shape index (κ1) is 19.1. The van der Waals surface area contributed by atoms with Gasteiger partial charge in [-0.2, -0.15) is 0 Å². The molecule has 0 heterocycles. The monoisotopic (exact) mass is 333 g/mol. The highest BCUT2D eigenvalue weighted by Crippen LogP contribution is 2.05. The SMILES string of the molecule is C[N+](C)(C)Cc1ccccc1.O=S([O-])OC=Cc1ccccc1. The van der Waals surface area contributed by atoms with E-state index >= 15 is 0 Å². The fourth-order valence-electron chi connectivity index (χ4n) is 1.85. The summed E-state index contributed by atoms with van der Waals surface area (Å²) < 4.78 is 25.0. The average molecular weight is 333 g/mol. The van der Waals surface area contributed by atoms with Crippen molar-refractivity contribution >= 4 is 17.4 Å². The fraction of sp³-hybridized carbons (Fsp3) is 0.222. The Morgan fingerprint density at radius 1 is 1.00 bits per heavy atom. The molecule has 0 aliphatic heterocycles. The zero-order valence-electron chi connectivity index (χ0n) is 13.7. The Morgan fingerprint density at radius 2 is 1.52 bits per heavy atom. The first-order chi connectivity index (χ1) is 10.9. The summed E-state index contributed by atoms with van der Waals surface area (Å²) in [6.45, 7) is 1.10. The lowest BCUT2D eigenvalue weighted by Gasteiger charge is -2.23. The van der Waals surface area contributed by atoms with Crippen LogP contribution in [0.2, 0.25) is 0 Å². The standard InChI is InChI=1S/C10H16N.C8H8O3S/c1-11(2,3)9-10-7-5-4-6-8-10;9-12(10)11-7-6-8-4-2-1-3-5-8/h4-8H,9H2,1-3H3;1-7H,(H,9,10)/q+1;/p-1. The third-order valence-corrected chi connectivity index (χ3v) is 2.96. The number of nitrogens with zero attached hydrogens (tertiary/aromatic N) is 1. The molecule has 1 atom stereocenters. The Labute approximate surface area is 141 Å². The number of benzene rings is 2. The zero-order valence-corrected chi connectivity index (χ0v) is 14.5. The number of hydrogen-bond acceptors (Lipinski definition) is 3. The minimum atomic E-state index is -2.48. The molecule has 0 N–H and O–H groups in total. The van der Waals surface area contributed by atoms with E-state index in [1.165, 1.54) is 5.56 Å². The van der Waals surface area contributed by atoms with E-state index in [0.29, 0.717) is 0 Å². The summed E-state index contributed by atoms with van der Waals surface area (Å²) in [5, 5.41) is 0. The molecule has 0 amide bonds. The van der Waals surface area contributed by atoms with E-state index in [0.717, 1.165) is 22.9 Å². The second-order valence-corrected chi connectivity index (χ2v) is 6.55. The molecule has 124 valence electrons. The molecule has 0 fully saturated rings. The summed E-state index contributed by atoms with van der Waals surface area (Å²) in [6, 6.07) is 19.8. The summed E-state index contributed by atoms with van der Waals surface area (Å²) in [5.41, 5.74) is 2.29. The largest absolute Gasteiger partial charge is 0.740 e. The first-order valence-electron chi connectivity index (χ1n) is 7.19. The van der Waals surface area contributed by atoms with Gasteiger partial charge in [-0.1, -0.05) is 60.7 Å². The van der Waals surface area contributed by atoms with Crippen LogP contribution in [-0.4, -0.2) is 34.4 Å². The van der Waals surface area contributed by atoms with Gasteiger partial charge in [-0.3, -0.25) is 0 Å². The molecule has 2 aromatic rings. The molecule has 2 aromatic carbocycles. The topological polar surface area (TPSA) is 49.4 Å². The van der Waals surface area contributed by atoms with Crippen molar-refractivity contribution < 1.29 is 17.4 Å². The van der Waals surface area contributed by atoms with Crippen LogP contribution in [0.4, 0.5) is 0 Å². The Balaban J connectivity index is 0.000000231. The van der Waals surface area contributed by atoms with E-state index in [1.54, 1.807) is 6.08 Å². The third kappa shape index (κ3) is 10.4. The second kappa shape index (κ2) is 9.94. The number of quaternary nitrogens is 1. The summed E-state index contributed by atoms with van der Waals surface area (Å²) in [6.07, 6.45) is 2.69. The van der Waals surface area contributed by atoms with E-state index in [9.17, 15) is 8.76 Å². The minimum Gasteiger partial charge on any atom is -0.740 e. The molecule has 0 aliphatic rings. The molecule has 0 aromatic heterocycles. The van der Waals surface area contributed by atoms with Crippen LogP contribution in [0.3, 0.4) is 0 Å². The first-order valence-corrected chi connectivity index (χ1v) is 8.19. The van der Waals surface area contributed by atoms with Gasteiger partial charge in [0.15, 0.2) is 0 Å². The Hall–Kier alpha value is -1.95. The molecule has 0 spiro atoms. The molecule has 0 radical (unpaired) electrons. The van der Waals surface area contributed by atoms with Gasteiger partial charge in [-0.15, -0.1) is 0 Å². The quantitative estimate of drug-likeness (QED) is 0.479. The van der Waals surface area contributed by atoms with Crippen LogP contribution in [0, 0.1) is 0 Å². The van der Waals surface area contributed by atoms with Crippen molar-refractivity contribution in [2.45, 2.75) is 6.54 Å². The Morgan fingerprint density at radius 3 is 2.00 bits per heavy atom. The predicted molar refractivity (Wildman–Crippen MR) is 93.7 cm³/mol. The van der Waals surface area contributed by atoms with Crippen molar-refractivity contribution in [2.24, 2.45) is 0 Å². The van der Waals surface area contributed by atoms with Gasteiger partial charge in [-0.25, -0.2) is 4.21 Å². The summed E-state index contributed by atoms with van der Waals surface area (Å²) in [5.74, 6) is 0. The second-order valence-electron chi connectivity index (χ2n) is 5.95. The summed E-state index contributed by atoms with van der Waals surface area (Å²) in [4.78, 5) is 0. The van der Waals surface area contributed by atoms with Crippen molar-refractivity contribution in [2.75, 3.05) is 21.1 Å². The maximum absolute atomic E-state index is 9.92. The van der Waals surface area contributed by atoms with Gasteiger partial charge in [0, 0.05) is 5.56 Å². The van der Waals surface area contributed by atoms with Crippen LogP contribution in [0.1, 0.15) is 11.1 Å². The van der Waals surface area contributed by atoms with Crippen LogP contribution >= 0.6 is 0 Å². The van der Waals surface area contributed by atoms with Crippen LogP contribution < -0.4 is 0 Å². The zero-order chi connectivity index (χ0) is 17.1. The lowest BCUT2D eigenvalue weighted by Crippen LogP contribution is -2.33. The van der Waals surface area contributed by atoms with E-state index < -0.39 is 11.4 Å². The maximum Gasteiger partial charge on any atom is 0.138 e. The molecule has 4 nitrogen and oxygen atoms in total. The van der Waals surface area contributed by atoms with Gasteiger partial charge < -0.3 is 13.2 Å². The lowest BCUT2D eigenvalue weighted by molar-refractivity contribution is -0.884. The normalized spacial score (nSPS) is 12.3. The Bertz CT molecular complexity index is 607. The molecule has 0 saturated heterocycles. The third-order valence-electron chi connectivity index (χ3n) is 2.69. The summed E-state index contributed by atoms with van der Waals surface area (Å²) in [7, 11) is 6.60. The van der Waals surface area contributed by atoms with E-state index in [4.69, 9.17) is 0 Å². The van der Waals surface area contributed by atoms with E-state index in [1.807, 2.05) is 30.3 Å². The lowest BCUT2D eigenvalue weighted by atomic mass is 10.2. The molecular formula is C18H23NO3S. The van der Waals surface area contributed by atoms with Crippen LogP contribution in [-0.2, 0) is 22.1 Å². The highest BCUT2D eigenvalue weighted by molar-refractivity contribution is 7.74. The van der Waals surface area contributed by atoms with Crippen molar-refractivity contribution in [1.82, 2.24) is 0 Å². The number of rotatable bonds is 5. The molecular weight excluding hydrogens is 310 g/mol. The predicted octanol–water partition coefficient (Wildman–Crippen LogP) is 3.36. The van der Waals surface area contributed by atoms with Crippen LogP contribution in [0.5, 0.6) is 0 Å². The highest BCUT2D eigenvalue weighted by atomic mass is 32.2. The molecule has 1 unspecified atom stereocenters. The van der Waals surface area contributed by atoms with Gasteiger partial charge in [0.05, 0.1) is 21.1 Å². The van der Waals surface area contributed by atoms with Crippen molar-refractivity contribution in [3.63, 3.8) is 0 Å². The van der Waals surface area contributed by atoms with Gasteiger partial charge >= 0.3 is 0 Å². The summed E-state index contributed by atoms with van der Waals surface area (Å²) >= 11 is -2.48. The smallest absolute Gasteiger partial charge is 0.138 e. The molecule has 0 bridgehead atoms. The number of hydrogen-bond donors (Lipinski definition) is 0. The van der Waals surface area contributed by atoms with Gasteiger partial charge in [0.1, 0.15) is 24.2 Å². The minimum absolute atomic E-state index is 0.892. The molecule has 5 heteroatoms. The van der Waals surface area contributed by atoms with Crippen LogP contribution in [0.25, 0.3) is 6.08 Å². The fourth-order valence-corrected chi connectivity index (χ4v) is 1.99. The van der Waals surface area contributed by atoms with Crippen molar-refractivity contribution in [3.8, 4) is 0 Å². The van der Waals surface area contributed by atoms with E-state index in [-0.39, 0.29) is 0 Å². The molecule has 0 saturated carbocycles. The molecule has 0 aliphatic carbocycles. The van der Waals surface area contributed by atoms with Crippen molar-refractivity contribution in [3.05, 3.63) is 78.1 Å². The average Bonchev–Trinajstić information content (AvgIpc) is 2.48.